The molecule has 16 heavy (non-hydrogen) atoms. The van der Waals surface area contributed by atoms with Crippen molar-refractivity contribution in [3.05, 3.63) is 29.8 Å². The number of methoxy groups -OCH3 is 1. The van der Waals surface area contributed by atoms with Crippen molar-refractivity contribution in [1.82, 2.24) is 5.32 Å². The van der Waals surface area contributed by atoms with Crippen molar-refractivity contribution in [3.8, 4) is 5.75 Å². The van der Waals surface area contributed by atoms with E-state index < -0.39 is 11.5 Å². The Morgan fingerprint density at radius 1 is 1.44 bits per heavy atom. The molecule has 0 bridgehead atoms. The molecule has 4 heteroatoms. The van der Waals surface area contributed by atoms with E-state index in [-0.39, 0.29) is 0 Å². The first-order valence-electron chi connectivity index (χ1n) is 5.28. The Balaban J connectivity index is 1.92. The van der Waals surface area contributed by atoms with Gasteiger partial charge in [-0.3, -0.25) is 10.1 Å². The van der Waals surface area contributed by atoms with Gasteiger partial charge >= 0.3 is 5.97 Å². The highest BCUT2D eigenvalue weighted by atomic mass is 16.5. The summed E-state index contributed by atoms with van der Waals surface area (Å²) in [7, 11) is 1.62. The Kier molecular flexibility index (Phi) is 2.83. The zero-order valence-corrected chi connectivity index (χ0v) is 9.19. The minimum atomic E-state index is -0.749. The van der Waals surface area contributed by atoms with E-state index in [2.05, 4.69) is 5.32 Å². The molecule has 0 heterocycles. The molecule has 0 aliphatic heterocycles. The Hall–Kier alpha value is -1.55. The standard InChI is InChI=1S/C12H15NO3/c1-16-10-4-2-9(3-5-10)8-13-12(6-7-12)11(14)15/h2-5,13H,6-8H2,1H3,(H,14,15). The molecule has 1 saturated carbocycles. The number of hydrogen-bond donors (Lipinski definition) is 2. The number of nitrogens with one attached hydrogen (secondary N) is 1. The van der Waals surface area contributed by atoms with Crippen LogP contribution in [0.15, 0.2) is 24.3 Å². The van der Waals surface area contributed by atoms with E-state index in [9.17, 15) is 4.79 Å². The average molecular weight is 221 g/mol. The van der Waals surface area contributed by atoms with E-state index in [1.807, 2.05) is 24.3 Å². The zero-order chi connectivity index (χ0) is 11.6. The van der Waals surface area contributed by atoms with Crippen LogP contribution < -0.4 is 10.1 Å². The Morgan fingerprint density at radius 2 is 2.06 bits per heavy atom. The molecule has 86 valence electrons. The van der Waals surface area contributed by atoms with Crippen LogP contribution in [-0.4, -0.2) is 23.7 Å². The molecule has 2 rings (SSSR count). The molecule has 0 spiro atoms. The first-order chi connectivity index (χ1) is 7.66. The first kappa shape index (κ1) is 11.0. The van der Waals surface area contributed by atoms with Gasteiger partial charge in [0, 0.05) is 6.54 Å². The maximum atomic E-state index is 10.9. The van der Waals surface area contributed by atoms with Gasteiger partial charge < -0.3 is 9.84 Å². The second-order valence-electron chi connectivity index (χ2n) is 4.09. The molecule has 0 radical (unpaired) electrons. The zero-order valence-electron chi connectivity index (χ0n) is 9.19. The number of carbonyl (C=O) groups is 1. The highest BCUT2D eigenvalue weighted by Crippen LogP contribution is 2.35. The normalized spacial score (nSPS) is 16.8. The lowest BCUT2D eigenvalue weighted by Gasteiger charge is -2.12. The van der Waals surface area contributed by atoms with Gasteiger partial charge in [-0.25, -0.2) is 0 Å². The van der Waals surface area contributed by atoms with Gasteiger partial charge in [-0.05, 0) is 30.5 Å². The van der Waals surface area contributed by atoms with Crippen LogP contribution in [-0.2, 0) is 11.3 Å². The Bertz CT molecular complexity index is 382. The maximum Gasteiger partial charge on any atom is 0.323 e. The van der Waals surface area contributed by atoms with Crippen molar-refractivity contribution in [2.45, 2.75) is 24.9 Å². The van der Waals surface area contributed by atoms with Crippen LogP contribution in [0.4, 0.5) is 0 Å². The molecule has 1 aliphatic rings. The van der Waals surface area contributed by atoms with Crippen molar-refractivity contribution < 1.29 is 14.6 Å². The molecule has 0 saturated heterocycles. The van der Waals surface area contributed by atoms with E-state index in [0.29, 0.717) is 6.54 Å². The number of rotatable bonds is 5. The molecule has 1 aromatic rings. The van der Waals surface area contributed by atoms with Gasteiger partial charge in [-0.2, -0.15) is 0 Å². The van der Waals surface area contributed by atoms with Crippen LogP contribution in [0.2, 0.25) is 0 Å². The van der Waals surface area contributed by atoms with E-state index in [1.165, 1.54) is 0 Å². The third kappa shape index (κ3) is 2.17. The monoisotopic (exact) mass is 221 g/mol. The molecule has 1 aromatic carbocycles. The predicted molar refractivity (Wildman–Crippen MR) is 59.4 cm³/mol. The fraction of sp³-hybridized carbons (Fsp3) is 0.417. The molecule has 1 aliphatic carbocycles. The topological polar surface area (TPSA) is 58.6 Å². The van der Waals surface area contributed by atoms with E-state index in [0.717, 1.165) is 24.2 Å². The molecule has 0 atom stereocenters. The summed E-state index contributed by atoms with van der Waals surface area (Å²) in [4.78, 5) is 10.9. The molecule has 0 amide bonds. The lowest BCUT2D eigenvalue weighted by Crippen LogP contribution is -2.38. The van der Waals surface area contributed by atoms with Crippen molar-refractivity contribution in [3.63, 3.8) is 0 Å². The van der Waals surface area contributed by atoms with Gasteiger partial charge in [0.2, 0.25) is 0 Å². The Labute approximate surface area is 94.2 Å². The second kappa shape index (κ2) is 4.14. The number of aliphatic carboxylic acids is 1. The van der Waals surface area contributed by atoms with Crippen LogP contribution in [0.5, 0.6) is 5.75 Å². The van der Waals surface area contributed by atoms with Gasteiger partial charge in [0.15, 0.2) is 0 Å². The number of ether oxygens (including phenoxy) is 1. The lowest BCUT2D eigenvalue weighted by molar-refractivity contribution is -0.140. The Morgan fingerprint density at radius 3 is 2.50 bits per heavy atom. The van der Waals surface area contributed by atoms with E-state index in [1.54, 1.807) is 7.11 Å². The van der Waals surface area contributed by atoms with Gasteiger partial charge in [-0.15, -0.1) is 0 Å². The summed E-state index contributed by atoms with van der Waals surface area (Å²) in [6.07, 6.45) is 1.44. The van der Waals surface area contributed by atoms with Gasteiger partial charge in [-0.1, -0.05) is 12.1 Å². The summed E-state index contributed by atoms with van der Waals surface area (Å²) in [6, 6.07) is 7.61. The molecule has 0 unspecified atom stereocenters. The van der Waals surface area contributed by atoms with Crippen LogP contribution in [0, 0.1) is 0 Å². The SMILES string of the molecule is COc1ccc(CNC2(C(=O)O)CC2)cc1. The molecular formula is C12H15NO3. The number of hydrogen-bond acceptors (Lipinski definition) is 3. The molecule has 0 aromatic heterocycles. The van der Waals surface area contributed by atoms with Gasteiger partial charge in [0.1, 0.15) is 11.3 Å². The number of carboxylic acid groups (broad SMARTS) is 1. The summed E-state index contributed by atoms with van der Waals surface area (Å²) >= 11 is 0. The summed E-state index contributed by atoms with van der Waals surface area (Å²) in [5.74, 6) is 0.0594. The minimum absolute atomic E-state index is 0.580. The van der Waals surface area contributed by atoms with Gasteiger partial charge in [0.05, 0.1) is 7.11 Å². The third-order valence-corrected chi connectivity index (χ3v) is 2.95. The summed E-state index contributed by atoms with van der Waals surface area (Å²) in [5, 5.41) is 12.1. The van der Waals surface area contributed by atoms with Crippen LogP contribution in [0.25, 0.3) is 0 Å². The highest BCUT2D eigenvalue weighted by Gasteiger charge is 2.49. The van der Waals surface area contributed by atoms with Crippen molar-refractivity contribution in [1.29, 1.82) is 0 Å². The number of benzene rings is 1. The maximum absolute atomic E-state index is 10.9. The summed E-state index contributed by atoms with van der Waals surface area (Å²) < 4.78 is 5.05. The van der Waals surface area contributed by atoms with Crippen LogP contribution in [0.1, 0.15) is 18.4 Å². The fourth-order valence-electron chi connectivity index (χ4n) is 1.61. The first-order valence-corrected chi connectivity index (χ1v) is 5.28. The average Bonchev–Trinajstić information content (AvgIpc) is 3.08. The van der Waals surface area contributed by atoms with E-state index in [4.69, 9.17) is 9.84 Å². The van der Waals surface area contributed by atoms with E-state index >= 15 is 0 Å². The van der Waals surface area contributed by atoms with Crippen LogP contribution in [0.3, 0.4) is 0 Å². The fourth-order valence-corrected chi connectivity index (χ4v) is 1.61. The second-order valence-corrected chi connectivity index (χ2v) is 4.09. The smallest absolute Gasteiger partial charge is 0.323 e. The highest BCUT2D eigenvalue weighted by molar-refractivity contribution is 5.82. The summed E-state index contributed by atoms with van der Waals surface area (Å²) in [5.41, 5.74) is 0.397. The van der Waals surface area contributed by atoms with Crippen molar-refractivity contribution in [2.75, 3.05) is 7.11 Å². The largest absolute Gasteiger partial charge is 0.497 e. The van der Waals surface area contributed by atoms with Crippen LogP contribution >= 0.6 is 0 Å². The summed E-state index contributed by atoms with van der Waals surface area (Å²) in [6.45, 7) is 0.580. The quantitative estimate of drug-likeness (QED) is 0.789. The molecular weight excluding hydrogens is 206 g/mol. The lowest BCUT2D eigenvalue weighted by atomic mass is 10.2. The van der Waals surface area contributed by atoms with Gasteiger partial charge in [0.25, 0.3) is 0 Å². The predicted octanol–water partition coefficient (Wildman–Crippen LogP) is 1.40. The van der Waals surface area contributed by atoms with Crippen molar-refractivity contribution >= 4 is 5.97 Å². The third-order valence-electron chi connectivity index (χ3n) is 2.95. The van der Waals surface area contributed by atoms with Crippen molar-refractivity contribution in [2.24, 2.45) is 0 Å². The number of carboxylic acids is 1. The molecule has 2 N–H and O–H groups in total. The minimum Gasteiger partial charge on any atom is -0.497 e. The molecule has 1 fully saturated rings. The molecule has 4 nitrogen and oxygen atoms in total.